The minimum Gasteiger partial charge on any atom is -0.487 e. The summed E-state index contributed by atoms with van der Waals surface area (Å²) in [7, 11) is 0. The quantitative estimate of drug-likeness (QED) is 0.453. The van der Waals surface area contributed by atoms with E-state index in [0.29, 0.717) is 12.2 Å². The van der Waals surface area contributed by atoms with Gasteiger partial charge in [-0.2, -0.15) is 0 Å². The maximum Gasteiger partial charge on any atom is 0.269 e. The predicted molar refractivity (Wildman–Crippen MR) is 128 cm³/mol. The normalized spacial score (nSPS) is 11.4. The van der Waals surface area contributed by atoms with Crippen molar-refractivity contribution in [3.8, 4) is 5.75 Å². The Kier molecular flexibility index (Phi) is 7.89. The van der Waals surface area contributed by atoms with Crippen LogP contribution in [0, 0.1) is 18.6 Å². The van der Waals surface area contributed by atoms with Crippen molar-refractivity contribution in [2.24, 2.45) is 0 Å². The van der Waals surface area contributed by atoms with E-state index in [0.717, 1.165) is 23.3 Å². The Bertz CT molecular complexity index is 1250. The maximum atomic E-state index is 13.9. The number of nitrogens with zero attached hydrogens (tertiary/aromatic N) is 1. The van der Waals surface area contributed by atoms with E-state index in [1.165, 1.54) is 19.9 Å². The van der Waals surface area contributed by atoms with Gasteiger partial charge in [0.15, 0.2) is 0 Å². The van der Waals surface area contributed by atoms with Gasteiger partial charge in [0.05, 0.1) is 6.54 Å². The van der Waals surface area contributed by atoms with Crippen LogP contribution in [0.1, 0.15) is 36.2 Å². The Hall–Kier alpha value is -3.04. The molecule has 34 heavy (non-hydrogen) atoms. The van der Waals surface area contributed by atoms with Crippen LogP contribution in [0.25, 0.3) is 0 Å². The van der Waals surface area contributed by atoms with Crippen molar-refractivity contribution < 1.29 is 23.4 Å². The number of aryl methyl sites for hydroxylation is 1. The number of pyridine rings is 1. The van der Waals surface area contributed by atoms with Crippen LogP contribution in [0.4, 0.5) is 8.78 Å². The van der Waals surface area contributed by atoms with Gasteiger partial charge in [-0.25, -0.2) is 8.78 Å². The molecule has 0 radical (unpaired) electrons. The molecule has 0 aliphatic heterocycles. The van der Waals surface area contributed by atoms with E-state index in [1.807, 2.05) is 24.3 Å². The number of halogens is 3. The van der Waals surface area contributed by atoms with Gasteiger partial charge >= 0.3 is 0 Å². The lowest BCUT2D eigenvalue weighted by atomic mass is 10.1. The molecule has 1 amide bonds. The maximum absolute atomic E-state index is 13.9. The Balaban J connectivity index is 1.70. The summed E-state index contributed by atoms with van der Waals surface area (Å²) < 4.78 is 34.3. The lowest BCUT2D eigenvalue weighted by Gasteiger charge is -2.17. The summed E-state index contributed by atoms with van der Waals surface area (Å²) in [5, 5.41) is 12.4. The molecule has 1 aromatic heterocycles. The van der Waals surface area contributed by atoms with Gasteiger partial charge in [-0.15, -0.1) is 0 Å². The third-order valence-electron chi connectivity index (χ3n) is 5.19. The highest BCUT2D eigenvalue weighted by Crippen LogP contribution is 2.24. The van der Waals surface area contributed by atoms with E-state index in [2.05, 4.69) is 21.2 Å². The molecule has 3 aromatic rings. The summed E-state index contributed by atoms with van der Waals surface area (Å²) in [5.74, 6) is -1.59. The fourth-order valence-corrected chi connectivity index (χ4v) is 3.60. The van der Waals surface area contributed by atoms with Crippen molar-refractivity contribution in [1.82, 2.24) is 9.88 Å². The van der Waals surface area contributed by atoms with E-state index in [4.69, 9.17) is 4.74 Å². The Morgan fingerprint density at radius 2 is 1.76 bits per heavy atom. The minimum atomic E-state index is -1.45. The van der Waals surface area contributed by atoms with Crippen molar-refractivity contribution in [2.75, 3.05) is 0 Å². The second-order valence-electron chi connectivity index (χ2n) is 8.44. The molecular weight excluding hydrogens is 510 g/mol. The first-order valence-electron chi connectivity index (χ1n) is 10.5. The van der Waals surface area contributed by atoms with Gasteiger partial charge in [0.25, 0.3) is 11.5 Å². The molecule has 2 N–H and O–H groups in total. The molecule has 6 nitrogen and oxygen atoms in total. The van der Waals surface area contributed by atoms with Crippen molar-refractivity contribution in [2.45, 2.75) is 46.1 Å². The average molecular weight is 535 g/mol. The van der Waals surface area contributed by atoms with Gasteiger partial charge in [-0.1, -0.05) is 24.3 Å². The highest BCUT2D eigenvalue weighted by Gasteiger charge is 2.23. The summed E-state index contributed by atoms with van der Waals surface area (Å²) in [5.41, 5.74) is 0.782. The summed E-state index contributed by atoms with van der Waals surface area (Å²) in [4.78, 5) is 24.7. The Labute approximate surface area is 204 Å². The number of rotatable bonds is 8. The second kappa shape index (κ2) is 10.5. The number of amides is 1. The van der Waals surface area contributed by atoms with Gasteiger partial charge in [0.2, 0.25) is 0 Å². The lowest BCUT2D eigenvalue weighted by molar-refractivity contribution is -0.136. The molecule has 0 spiro atoms. The van der Waals surface area contributed by atoms with Crippen LogP contribution >= 0.6 is 15.9 Å². The highest BCUT2D eigenvalue weighted by molar-refractivity contribution is 9.10. The first kappa shape index (κ1) is 25.6. The number of nitrogens with one attached hydrogen (secondary N) is 1. The molecule has 2 aromatic carbocycles. The zero-order chi connectivity index (χ0) is 25.0. The summed E-state index contributed by atoms with van der Waals surface area (Å²) in [6.07, 6.45) is 0. The number of benzene rings is 2. The van der Waals surface area contributed by atoms with E-state index in [1.54, 1.807) is 17.6 Å². The first-order valence-corrected chi connectivity index (χ1v) is 11.3. The molecule has 0 aliphatic rings. The van der Waals surface area contributed by atoms with Crippen molar-refractivity contribution in [3.63, 3.8) is 0 Å². The van der Waals surface area contributed by atoms with Crippen molar-refractivity contribution in [3.05, 3.63) is 97.4 Å². The number of ether oxygens (including phenoxy) is 1. The Morgan fingerprint density at radius 1 is 1.12 bits per heavy atom. The molecular formula is C25H25BrF2N2O4. The number of aromatic nitrogens is 1. The molecule has 3 rings (SSSR count). The van der Waals surface area contributed by atoms with Crippen LogP contribution in [0.5, 0.6) is 5.75 Å². The van der Waals surface area contributed by atoms with Gasteiger partial charge in [-0.05, 0) is 60.0 Å². The van der Waals surface area contributed by atoms with E-state index in [-0.39, 0.29) is 34.5 Å². The summed E-state index contributed by atoms with van der Waals surface area (Å²) in [6, 6.07) is 12.3. The molecule has 9 heteroatoms. The topological polar surface area (TPSA) is 80.6 Å². The fourth-order valence-electron chi connectivity index (χ4n) is 3.15. The lowest BCUT2D eigenvalue weighted by Crippen LogP contribution is -2.41. The van der Waals surface area contributed by atoms with Crippen molar-refractivity contribution >= 4 is 21.8 Å². The van der Waals surface area contributed by atoms with Crippen LogP contribution in [0.3, 0.4) is 0 Å². The number of carbonyl (C=O) groups excluding carboxylic acids is 1. The molecule has 0 unspecified atom stereocenters. The molecule has 0 saturated carbocycles. The zero-order valence-electron chi connectivity index (χ0n) is 19.0. The summed E-state index contributed by atoms with van der Waals surface area (Å²) >= 11 is 3.27. The molecule has 1 heterocycles. The monoisotopic (exact) mass is 534 g/mol. The number of aliphatic hydroxyl groups is 1. The predicted octanol–water partition coefficient (Wildman–Crippen LogP) is 4.21. The van der Waals surface area contributed by atoms with Gasteiger partial charge < -0.3 is 19.7 Å². The van der Waals surface area contributed by atoms with E-state index >= 15 is 0 Å². The van der Waals surface area contributed by atoms with Gasteiger partial charge in [0.1, 0.15) is 34.1 Å². The zero-order valence-corrected chi connectivity index (χ0v) is 20.6. The van der Waals surface area contributed by atoms with Crippen LogP contribution in [0.2, 0.25) is 0 Å². The Morgan fingerprint density at radius 3 is 2.38 bits per heavy atom. The van der Waals surface area contributed by atoms with E-state index < -0.39 is 23.1 Å². The molecule has 0 fully saturated rings. The molecule has 180 valence electrons. The standard InChI is InChI=1S/C25H25BrF2N2O4/c1-15-10-21(34-14-18-8-9-19(27)11-20(18)28)22(26)23(31)30(15)13-17-6-4-16(5-7-17)12-29-24(32)25(2,3)33/h4-11,33H,12-14H2,1-3H3,(H,29,32). The van der Waals surface area contributed by atoms with Crippen LogP contribution in [0.15, 0.2) is 57.8 Å². The highest BCUT2D eigenvalue weighted by atomic mass is 79.9. The number of hydrogen-bond acceptors (Lipinski definition) is 4. The minimum absolute atomic E-state index is 0.154. The van der Waals surface area contributed by atoms with Crippen LogP contribution < -0.4 is 15.6 Å². The molecule has 0 saturated heterocycles. The van der Waals surface area contributed by atoms with Gasteiger partial charge in [0, 0.05) is 29.9 Å². The van der Waals surface area contributed by atoms with Crippen LogP contribution in [-0.2, 0) is 24.5 Å². The molecule has 0 aliphatic carbocycles. The third kappa shape index (κ3) is 6.30. The fraction of sp³-hybridized carbons (Fsp3) is 0.280. The van der Waals surface area contributed by atoms with E-state index in [9.17, 15) is 23.5 Å². The second-order valence-corrected chi connectivity index (χ2v) is 9.23. The number of carbonyl (C=O) groups is 1. The molecule has 0 atom stereocenters. The third-order valence-corrected chi connectivity index (χ3v) is 5.92. The smallest absolute Gasteiger partial charge is 0.269 e. The SMILES string of the molecule is Cc1cc(OCc2ccc(F)cc2F)c(Br)c(=O)n1Cc1ccc(CNC(=O)C(C)(C)O)cc1. The van der Waals surface area contributed by atoms with Crippen LogP contribution in [-0.4, -0.2) is 21.2 Å². The summed E-state index contributed by atoms with van der Waals surface area (Å²) in [6.45, 7) is 5.03. The first-order chi connectivity index (χ1) is 16.0. The van der Waals surface area contributed by atoms with Gasteiger partial charge in [-0.3, -0.25) is 9.59 Å². The van der Waals surface area contributed by atoms with Crippen molar-refractivity contribution in [1.29, 1.82) is 0 Å². The number of hydrogen-bond donors (Lipinski definition) is 2. The average Bonchev–Trinajstić information content (AvgIpc) is 2.77. The molecule has 0 bridgehead atoms. The largest absolute Gasteiger partial charge is 0.487 e.